The molecular formula is C32H39N5O8S. The van der Waals surface area contributed by atoms with Crippen LogP contribution in [0.1, 0.15) is 57.8 Å². The number of aromatic nitrogens is 1. The van der Waals surface area contributed by atoms with Crippen molar-refractivity contribution in [3.05, 3.63) is 48.7 Å². The Balaban J connectivity index is 1.30. The summed E-state index contributed by atoms with van der Waals surface area (Å²) in [4.78, 5) is 59.7. The normalized spacial score (nSPS) is 29.3. The van der Waals surface area contributed by atoms with Gasteiger partial charge in [0.1, 0.15) is 23.7 Å². The number of benzene rings is 1. The van der Waals surface area contributed by atoms with Gasteiger partial charge in [0.2, 0.25) is 27.7 Å². The number of sulfonamides is 1. The first-order chi connectivity index (χ1) is 22.1. The van der Waals surface area contributed by atoms with Crippen LogP contribution in [0, 0.1) is 5.92 Å². The number of fused-ring (bicyclic) bond motifs is 3. The van der Waals surface area contributed by atoms with Crippen molar-refractivity contribution in [2.45, 2.75) is 86.8 Å². The van der Waals surface area contributed by atoms with Gasteiger partial charge in [0, 0.05) is 23.9 Å². The summed E-state index contributed by atoms with van der Waals surface area (Å²) >= 11 is 0. The molecule has 0 radical (unpaired) electrons. The Bertz CT molecular complexity index is 1660. The average Bonchev–Trinajstić information content (AvgIpc) is 3.96. The maximum atomic E-state index is 14.1. The molecule has 3 N–H and O–H groups in total. The van der Waals surface area contributed by atoms with Gasteiger partial charge in [-0.05, 0) is 56.0 Å². The van der Waals surface area contributed by atoms with Crippen molar-refractivity contribution in [3.8, 4) is 5.88 Å². The van der Waals surface area contributed by atoms with Gasteiger partial charge in [-0.15, -0.1) is 0 Å². The molecule has 1 aromatic heterocycles. The first-order valence-corrected chi connectivity index (χ1v) is 17.4. The zero-order valence-corrected chi connectivity index (χ0v) is 26.5. The summed E-state index contributed by atoms with van der Waals surface area (Å²) in [6, 6.07) is 7.41. The summed E-state index contributed by atoms with van der Waals surface area (Å²) in [6.07, 6.45) is 8.61. The Morgan fingerprint density at radius 1 is 1.09 bits per heavy atom. The lowest BCUT2D eigenvalue weighted by molar-refractivity contribution is -0.141. The molecule has 2 aromatic rings. The van der Waals surface area contributed by atoms with E-state index in [4.69, 9.17) is 9.47 Å². The van der Waals surface area contributed by atoms with E-state index in [-0.39, 0.29) is 19.4 Å². The molecule has 3 fully saturated rings. The van der Waals surface area contributed by atoms with Gasteiger partial charge in [-0.3, -0.25) is 19.1 Å². The highest BCUT2D eigenvalue weighted by atomic mass is 32.2. The molecule has 14 heteroatoms. The molecule has 2 saturated carbocycles. The number of carbonyl (C=O) groups excluding carboxylic acids is 4. The van der Waals surface area contributed by atoms with E-state index in [0.717, 1.165) is 23.6 Å². The van der Waals surface area contributed by atoms with Crippen molar-refractivity contribution in [2.75, 3.05) is 13.7 Å². The van der Waals surface area contributed by atoms with Gasteiger partial charge in [-0.25, -0.2) is 18.2 Å². The van der Waals surface area contributed by atoms with Crippen LogP contribution in [0.5, 0.6) is 5.88 Å². The van der Waals surface area contributed by atoms with Crippen LogP contribution >= 0.6 is 0 Å². The molecule has 1 aromatic carbocycles. The number of methoxy groups -OCH3 is 1. The number of rotatable bonds is 6. The third-order valence-corrected chi connectivity index (χ3v) is 11.1. The summed E-state index contributed by atoms with van der Waals surface area (Å²) in [5.41, 5.74) is -1.47. The van der Waals surface area contributed by atoms with E-state index >= 15 is 0 Å². The number of amides is 4. The second-order valence-electron chi connectivity index (χ2n) is 12.5. The van der Waals surface area contributed by atoms with Gasteiger partial charge in [-0.1, -0.05) is 43.2 Å². The highest BCUT2D eigenvalue weighted by Crippen LogP contribution is 2.46. The quantitative estimate of drug-likeness (QED) is 0.396. The Kier molecular flexibility index (Phi) is 8.90. The Morgan fingerprint density at radius 3 is 2.67 bits per heavy atom. The number of pyridine rings is 1. The topological polar surface area (TPSA) is 173 Å². The van der Waals surface area contributed by atoms with E-state index in [0.29, 0.717) is 38.0 Å². The molecule has 2 aliphatic carbocycles. The molecule has 0 unspecified atom stereocenters. The number of carbonyl (C=O) groups is 4. The van der Waals surface area contributed by atoms with E-state index < -0.39 is 68.7 Å². The zero-order valence-electron chi connectivity index (χ0n) is 25.6. The smallest absolute Gasteiger partial charge is 0.407 e. The predicted molar refractivity (Wildman–Crippen MR) is 167 cm³/mol. The van der Waals surface area contributed by atoms with Crippen LogP contribution in [0.2, 0.25) is 0 Å². The zero-order chi connectivity index (χ0) is 32.5. The van der Waals surface area contributed by atoms with E-state index in [1.807, 2.05) is 42.5 Å². The molecule has 4 aliphatic rings. The lowest BCUT2D eigenvalue weighted by Crippen LogP contribution is -2.58. The SMILES string of the molecule is COC(=O)N[C@H]1CCCCC/C=C\[C@@H]2C[C@@]2(C(=O)NS(=O)(=O)C2CC2)NC(=O)[C@@H]2C[C@@H](Oc3nccc4ccccc34)CN2C1=O. The summed E-state index contributed by atoms with van der Waals surface area (Å²) in [6.45, 7) is 0.0275. The Morgan fingerprint density at radius 2 is 1.89 bits per heavy atom. The number of nitrogens with one attached hydrogen (secondary N) is 3. The maximum absolute atomic E-state index is 14.1. The highest BCUT2D eigenvalue weighted by molar-refractivity contribution is 7.91. The Labute approximate surface area is 267 Å². The van der Waals surface area contributed by atoms with Gasteiger partial charge in [-0.2, -0.15) is 0 Å². The Hall–Kier alpha value is -4.20. The maximum Gasteiger partial charge on any atom is 0.407 e. The molecule has 3 heterocycles. The van der Waals surface area contributed by atoms with Gasteiger partial charge in [0.05, 0.1) is 18.9 Å². The molecule has 13 nitrogen and oxygen atoms in total. The molecule has 46 heavy (non-hydrogen) atoms. The van der Waals surface area contributed by atoms with Crippen LogP contribution in [0.4, 0.5) is 4.79 Å². The molecule has 4 amide bonds. The minimum Gasteiger partial charge on any atom is -0.472 e. The average molecular weight is 654 g/mol. The molecule has 0 bridgehead atoms. The predicted octanol–water partition coefficient (Wildman–Crippen LogP) is 2.31. The number of nitrogens with zero attached hydrogens (tertiary/aromatic N) is 2. The van der Waals surface area contributed by atoms with E-state index in [1.54, 1.807) is 6.20 Å². The first kappa shape index (κ1) is 31.8. The van der Waals surface area contributed by atoms with Crippen molar-refractivity contribution in [1.29, 1.82) is 0 Å². The van der Waals surface area contributed by atoms with Crippen molar-refractivity contribution >= 4 is 44.6 Å². The summed E-state index contributed by atoms with van der Waals surface area (Å²) in [5.74, 6) is -1.90. The highest BCUT2D eigenvalue weighted by Gasteiger charge is 2.62. The fourth-order valence-corrected chi connectivity index (χ4v) is 7.76. The van der Waals surface area contributed by atoms with Crippen molar-refractivity contribution < 1.29 is 37.1 Å². The summed E-state index contributed by atoms with van der Waals surface area (Å²) in [5, 5.41) is 6.56. The summed E-state index contributed by atoms with van der Waals surface area (Å²) in [7, 11) is -2.64. The largest absolute Gasteiger partial charge is 0.472 e. The van der Waals surface area contributed by atoms with Crippen LogP contribution < -0.4 is 20.1 Å². The van der Waals surface area contributed by atoms with Crippen molar-refractivity contribution in [1.82, 2.24) is 25.2 Å². The van der Waals surface area contributed by atoms with Crippen LogP contribution in [-0.2, 0) is 29.1 Å². The van der Waals surface area contributed by atoms with E-state index in [2.05, 4.69) is 20.3 Å². The molecule has 0 spiro atoms. The lowest BCUT2D eigenvalue weighted by Gasteiger charge is -2.29. The molecular weight excluding hydrogens is 614 g/mol. The van der Waals surface area contributed by atoms with Crippen LogP contribution in [0.15, 0.2) is 48.7 Å². The molecule has 5 atom stereocenters. The van der Waals surface area contributed by atoms with Gasteiger partial charge >= 0.3 is 6.09 Å². The monoisotopic (exact) mass is 653 g/mol. The second kappa shape index (κ2) is 12.9. The van der Waals surface area contributed by atoms with E-state index in [9.17, 15) is 27.6 Å². The molecule has 246 valence electrons. The third kappa shape index (κ3) is 6.67. The van der Waals surface area contributed by atoms with Crippen LogP contribution in [-0.4, -0.2) is 84.7 Å². The first-order valence-electron chi connectivity index (χ1n) is 15.8. The second-order valence-corrected chi connectivity index (χ2v) is 14.5. The van der Waals surface area contributed by atoms with Gasteiger partial charge in [0.15, 0.2) is 0 Å². The fourth-order valence-electron chi connectivity index (χ4n) is 6.39. The van der Waals surface area contributed by atoms with Crippen molar-refractivity contribution in [2.24, 2.45) is 5.92 Å². The molecule has 6 rings (SSSR count). The minimum atomic E-state index is -3.86. The molecule has 2 aliphatic heterocycles. The number of ether oxygens (including phenoxy) is 2. The number of hydrogen-bond acceptors (Lipinski definition) is 9. The molecule has 1 saturated heterocycles. The van der Waals surface area contributed by atoms with Crippen LogP contribution in [0.25, 0.3) is 10.8 Å². The number of alkyl carbamates (subject to hydrolysis) is 1. The van der Waals surface area contributed by atoms with Gasteiger partial charge < -0.3 is 25.0 Å². The number of allylic oxidation sites excluding steroid dienone is 1. The van der Waals surface area contributed by atoms with Crippen LogP contribution in [0.3, 0.4) is 0 Å². The van der Waals surface area contributed by atoms with E-state index in [1.165, 1.54) is 12.0 Å². The summed E-state index contributed by atoms with van der Waals surface area (Å²) < 4.78 is 38.7. The lowest BCUT2D eigenvalue weighted by atomic mass is 10.1. The van der Waals surface area contributed by atoms with Gasteiger partial charge in [0.25, 0.3) is 5.91 Å². The number of hydrogen-bond donors (Lipinski definition) is 3. The fraction of sp³-hybridized carbons (Fsp3) is 0.531. The third-order valence-electron chi connectivity index (χ3n) is 9.24. The minimum absolute atomic E-state index is 0.0275. The standard InChI is InChI=1S/C32H39N5O8S/c1-44-31(41)34-25-12-6-4-2-3-5-10-21-18-32(21,30(40)36-46(42,43)23-13-14-23)35-27(38)26-17-22(19-37(26)29(25)39)45-28-24-11-8-7-9-20(24)15-16-33-28/h5,7-11,15-16,21-23,25-26H,2-4,6,12-14,17-19H2,1H3,(H,34,41)(H,35,38)(H,36,40)/b10-5-/t21-,22-,25+,26+,32-/m1/s1. The van der Waals surface area contributed by atoms with Crippen molar-refractivity contribution in [3.63, 3.8) is 0 Å².